The highest BCUT2D eigenvalue weighted by molar-refractivity contribution is 14.1. The van der Waals surface area contributed by atoms with E-state index in [2.05, 4.69) is 4.74 Å². The smallest absolute Gasteiger partial charge is 0.427 e. The largest absolute Gasteiger partial charge is 0.460 e. The summed E-state index contributed by atoms with van der Waals surface area (Å²) in [6.07, 6.45) is 0. The normalized spacial score (nSPS) is 14.8. The van der Waals surface area contributed by atoms with Crippen molar-refractivity contribution in [1.29, 1.82) is 0 Å². The van der Waals surface area contributed by atoms with Crippen LogP contribution in [0, 0.1) is 0 Å². The van der Waals surface area contributed by atoms with Crippen LogP contribution in [-0.2, 0) is 24.3 Å². The summed E-state index contributed by atoms with van der Waals surface area (Å²) in [6, 6.07) is 0. The number of nitrogens with one attached hydrogen (secondary N) is 1. The number of alkyl halides is 9. The fourth-order valence-corrected chi connectivity index (χ4v) is 3.12. The van der Waals surface area contributed by atoms with Gasteiger partial charge in [-0.2, -0.15) is 39.8 Å². The summed E-state index contributed by atoms with van der Waals surface area (Å²) in [7, 11) is -6.89. The van der Waals surface area contributed by atoms with Gasteiger partial charge in [0.1, 0.15) is 0 Å². The average molecular weight is 549 g/mol. The van der Waals surface area contributed by atoms with Crippen LogP contribution in [-0.4, -0.2) is 53.3 Å². The second kappa shape index (κ2) is 7.57. The number of rotatable bonds is 9. The van der Waals surface area contributed by atoms with Crippen LogP contribution in [0.3, 0.4) is 0 Å². The second-order valence-corrected chi connectivity index (χ2v) is 8.52. The van der Waals surface area contributed by atoms with Crippen LogP contribution in [0.1, 0.15) is 20.8 Å². The van der Waals surface area contributed by atoms with E-state index in [1.165, 1.54) is 6.92 Å². The van der Waals surface area contributed by atoms with Crippen LogP contribution in [0.15, 0.2) is 0 Å². The molecule has 0 spiro atoms. The molecule has 0 aromatic carbocycles. The van der Waals surface area contributed by atoms with Gasteiger partial charge >= 0.3 is 27.0 Å². The topological polar surface area (TPSA) is 89.5 Å². The van der Waals surface area contributed by atoms with Gasteiger partial charge in [0.05, 0.1) is 12.1 Å². The summed E-state index contributed by atoms with van der Waals surface area (Å²) >= 11 is -0.558. The van der Waals surface area contributed by atoms with Gasteiger partial charge in [-0.15, -0.1) is 0 Å². The van der Waals surface area contributed by atoms with E-state index in [4.69, 9.17) is 0 Å². The summed E-state index contributed by atoms with van der Waals surface area (Å²) in [5, 5.41) is -6.80. The molecular weight excluding hydrogens is 537 g/mol. The van der Waals surface area contributed by atoms with Crippen molar-refractivity contribution in [3.63, 3.8) is 0 Å². The maximum Gasteiger partial charge on any atom is 0.427 e. The predicted molar refractivity (Wildman–Crippen MR) is 81.6 cm³/mol. The number of ether oxygens (including phenoxy) is 1. The zero-order chi connectivity index (χ0) is 22.3. The first-order valence-electron chi connectivity index (χ1n) is 6.55. The van der Waals surface area contributed by atoms with Gasteiger partial charge in [0, 0.05) is 22.6 Å². The molecule has 160 valence electrons. The number of hydrogen-bond acceptors (Lipinski definition) is 5. The van der Waals surface area contributed by atoms with Crippen LogP contribution < -0.4 is 4.72 Å². The molecule has 0 aliphatic heterocycles. The molecule has 0 atom stereocenters. The minimum atomic E-state index is -7.10. The fraction of sp³-hybridized carbons (Fsp3) is 0.818. The summed E-state index contributed by atoms with van der Waals surface area (Å²) < 4.78 is 128. The first-order valence-corrected chi connectivity index (χ1v) is 9.11. The molecule has 0 saturated heterocycles. The standard InChI is InChI=1S/C11H12F8INO5S/c1-4-26-6(23)5(22)7(2,3)21-27(24,25)11(18,19)9(14,15)8(12,13)10(16,17)20/h21H,4H2,1-3H3. The number of carbonyl (C=O) groups excluding carboxylic acids is 2. The molecular formula is C11H12F8INO5S. The number of esters is 1. The first kappa shape index (κ1) is 26.2. The Morgan fingerprint density at radius 2 is 1.37 bits per heavy atom. The highest BCUT2D eigenvalue weighted by Crippen LogP contribution is 2.56. The molecule has 0 aromatic rings. The van der Waals surface area contributed by atoms with E-state index in [0.29, 0.717) is 18.6 Å². The lowest BCUT2D eigenvalue weighted by Gasteiger charge is -2.35. The maximum absolute atomic E-state index is 13.7. The summed E-state index contributed by atoms with van der Waals surface area (Å²) in [4.78, 5) is 22.9. The van der Waals surface area contributed by atoms with Gasteiger partial charge in [-0.1, -0.05) is 0 Å². The summed E-state index contributed by atoms with van der Waals surface area (Å²) in [5.41, 5.74) is -2.85. The Kier molecular flexibility index (Phi) is 7.35. The van der Waals surface area contributed by atoms with Crippen molar-refractivity contribution in [1.82, 2.24) is 4.72 Å². The summed E-state index contributed by atoms with van der Waals surface area (Å²) in [5.74, 6) is -17.5. The monoisotopic (exact) mass is 549 g/mol. The molecule has 0 unspecified atom stereocenters. The SMILES string of the molecule is CCOC(=O)C(=O)C(C)(C)NS(=O)(=O)C(F)(F)C(F)(F)C(F)(F)C(F)(F)I. The minimum Gasteiger partial charge on any atom is -0.460 e. The number of sulfonamides is 1. The number of Topliss-reactive ketones (excluding diaryl/α,β-unsaturated/α-hetero) is 1. The number of hydrogen-bond donors (Lipinski definition) is 1. The Balaban J connectivity index is 6.08. The Labute approximate surface area is 161 Å². The van der Waals surface area contributed by atoms with Crippen LogP contribution in [0.5, 0.6) is 0 Å². The van der Waals surface area contributed by atoms with Gasteiger partial charge in [-0.25, -0.2) is 13.2 Å². The number of halogens is 9. The molecule has 0 aromatic heterocycles. The van der Waals surface area contributed by atoms with E-state index >= 15 is 0 Å². The summed E-state index contributed by atoms with van der Waals surface area (Å²) in [6.45, 7) is 1.73. The fourth-order valence-electron chi connectivity index (χ4n) is 1.43. The highest BCUT2D eigenvalue weighted by atomic mass is 127. The van der Waals surface area contributed by atoms with Crippen molar-refractivity contribution in [2.24, 2.45) is 0 Å². The third-order valence-corrected chi connectivity index (χ3v) is 5.26. The van der Waals surface area contributed by atoms with Crippen LogP contribution in [0.25, 0.3) is 0 Å². The Hall–Kier alpha value is -0.780. The average Bonchev–Trinajstić information content (AvgIpc) is 2.43. The van der Waals surface area contributed by atoms with E-state index in [9.17, 15) is 53.1 Å². The van der Waals surface area contributed by atoms with Gasteiger partial charge in [-0.05, 0) is 20.8 Å². The molecule has 0 heterocycles. The molecule has 0 fully saturated rings. The highest BCUT2D eigenvalue weighted by Gasteiger charge is 2.84. The van der Waals surface area contributed by atoms with Crippen molar-refractivity contribution in [2.75, 3.05) is 6.61 Å². The van der Waals surface area contributed by atoms with Gasteiger partial charge in [0.2, 0.25) is 0 Å². The van der Waals surface area contributed by atoms with Crippen LogP contribution in [0.4, 0.5) is 35.1 Å². The van der Waals surface area contributed by atoms with E-state index in [1.807, 2.05) is 0 Å². The first-order chi connectivity index (χ1) is 11.6. The molecule has 0 radical (unpaired) electrons. The van der Waals surface area contributed by atoms with E-state index < -0.39 is 77.5 Å². The molecule has 0 rings (SSSR count). The minimum absolute atomic E-state index is 0.404. The van der Waals surface area contributed by atoms with Crippen molar-refractivity contribution in [3.8, 4) is 0 Å². The van der Waals surface area contributed by atoms with Crippen LogP contribution >= 0.6 is 22.6 Å². The van der Waals surface area contributed by atoms with Gasteiger partial charge in [0.25, 0.3) is 15.8 Å². The van der Waals surface area contributed by atoms with Crippen molar-refractivity contribution < 1.29 is 57.9 Å². The van der Waals surface area contributed by atoms with E-state index in [0.717, 1.165) is 0 Å². The molecule has 16 heteroatoms. The van der Waals surface area contributed by atoms with Crippen molar-refractivity contribution in [2.45, 2.75) is 47.3 Å². The van der Waals surface area contributed by atoms with Gasteiger partial charge < -0.3 is 4.74 Å². The quantitative estimate of drug-likeness (QED) is 0.157. The lowest BCUT2D eigenvalue weighted by Crippen LogP contribution is -2.67. The molecule has 0 aliphatic rings. The molecule has 0 bridgehead atoms. The molecule has 27 heavy (non-hydrogen) atoms. The molecule has 0 saturated carbocycles. The van der Waals surface area contributed by atoms with Crippen LogP contribution in [0.2, 0.25) is 0 Å². The molecule has 1 N–H and O–H groups in total. The van der Waals surface area contributed by atoms with Gasteiger partial charge in [0.15, 0.2) is 0 Å². The third-order valence-electron chi connectivity index (χ3n) is 2.87. The third kappa shape index (κ3) is 4.63. The number of ketones is 1. The second-order valence-electron chi connectivity index (χ2n) is 5.44. The lowest BCUT2D eigenvalue weighted by atomic mass is 10.0. The zero-order valence-electron chi connectivity index (χ0n) is 13.6. The molecule has 0 aliphatic carbocycles. The van der Waals surface area contributed by atoms with E-state index in [-0.39, 0.29) is 0 Å². The molecule has 0 amide bonds. The Bertz CT molecular complexity index is 704. The van der Waals surface area contributed by atoms with E-state index in [1.54, 1.807) is 0 Å². The predicted octanol–water partition coefficient (Wildman–Crippen LogP) is 2.71. The van der Waals surface area contributed by atoms with Gasteiger partial charge in [-0.3, -0.25) is 4.79 Å². The number of carbonyl (C=O) groups is 2. The maximum atomic E-state index is 13.7. The Morgan fingerprint density at radius 1 is 0.963 bits per heavy atom. The van der Waals surface area contributed by atoms with Crippen molar-refractivity contribution >= 4 is 44.4 Å². The van der Waals surface area contributed by atoms with Crippen molar-refractivity contribution in [3.05, 3.63) is 0 Å². The zero-order valence-corrected chi connectivity index (χ0v) is 16.5. The molecule has 6 nitrogen and oxygen atoms in total. The Morgan fingerprint density at radius 3 is 1.70 bits per heavy atom. The lowest BCUT2D eigenvalue weighted by molar-refractivity contribution is -0.319.